The molecule has 0 aromatic heterocycles. The predicted octanol–water partition coefficient (Wildman–Crippen LogP) is 2.66. The van der Waals surface area contributed by atoms with Crippen LogP contribution < -0.4 is 20.1 Å². The van der Waals surface area contributed by atoms with Gasteiger partial charge in [0.05, 0.1) is 19.7 Å². The summed E-state index contributed by atoms with van der Waals surface area (Å²) in [5.74, 6) is 0.855. The molecule has 0 spiro atoms. The SMILES string of the molecule is CCOc1ccc(OCCNC(=O)CNC(=O)c2ccc(Cl)cc2)cc1. The van der Waals surface area contributed by atoms with Crippen LogP contribution in [0.4, 0.5) is 0 Å². The van der Waals surface area contributed by atoms with Crippen LogP contribution in [0.1, 0.15) is 17.3 Å². The van der Waals surface area contributed by atoms with E-state index in [1.165, 1.54) is 0 Å². The Labute approximate surface area is 157 Å². The lowest BCUT2D eigenvalue weighted by Crippen LogP contribution is -2.38. The highest BCUT2D eigenvalue weighted by Crippen LogP contribution is 2.17. The first kappa shape index (κ1) is 19.6. The molecule has 2 aromatic rings. The van der Waals surface area contributed by atoms with Crippen LogP contribution in [0.15, 0.2) is 48.5 Å². The molecule has 0 atom stereocenters. The average Bonchev–Trinajstić information content (AvgIpc) is 2.65. The van der Waals surface area contributed by atoms with Gasteiger partial charge in [0.1, 0.15) is 18.1 Å². The average molecular weight is 377 g/mol. The zero-order valence-corrected chi connectivity index (χ0v) is 15.2. The van der Waals surface area contributed by atoms with Crippen molar-refractivity contribution < 1.29 is 19.1 Å². The van der Waals surface area contributed by atoms with E-state index < -0.39 is 0 Å². The summed E-state index contributed by atoms with van der Waals surface area (Å²) in [5, 5.41) is 5.77. The van der Waals surface area contributed by atoms with E-state index in [0.717, 1.165) is 5.75 Å². The number of benzene rings is 2. The second-order valence-corrected chi connectivity index (χ2v) is 5.73. The van der Waals surface area contributed by atoms with Crippen LogP contribution >= 0.6 is 11.6 Å². The molecule has 0 saturated heterocycles. The van der Waals surface area contributed by atoms with E-state index in [2.05, 4.69) is 10.6 Å². The minimum atomic E-state index is -0.331. The summed E-state index contributed by atoms with van der Waals surface area (Å²) in [7, 11) is 0. The molecular weight excluding hydrogens is 356 g/mol. The first-order chi connectivity index (χ1) is 12.6. The summed E-state index contributed by atoms with van der Waals surface area (Å²) >= 11 is 5.77. The normalized spacial score (nSPS) is 10.1. The van der Waals surface area contributed by atoms with Crippen LogP contribution in [0.25, 0.3) is 0 Å². The van der Waals surface area contributed by atoms with Gasteiger partial charge in [-0.25, -0.2) is 0 Å². The van der Waals surface area contributed by atoms with Gasteiger partial charge in [0.2, 0.25) is 5.91 Å². The van der Waals surface area contributed by atoms with Gasteiger partial charge in [-0.15, -0.1) is 0 Å². The highest BCUT2D eigenvalue weighted by molar-refractivity contribution is 6.30. The Bertz CT molecular complexity index is 717. The summed E-state index contributed by atoms with van der Waals surface area (Å²) in [6.45, 7) is 3.09. The molecule has 2 amide bonds. The zero-order valence-electron chi connectivity index (χ0n) is 14.5. The molecule has 138 valence electrons. The smallest absolute Gasteiger partial charge is 0.251 e. The third-order valence-corrected chi connectivity index (χ3v) is 3.60. The van der Waals surface area contributed by atoms with Crippen LogP contribution in [0.2, 0.25) is 5.02 Å². The second kappa shape index (κ2) is 10.3. The molecule has 0 fully saturated rings. The van der Waals surface area contributed by atoms with Gasteiger partial charge in [-0.2, -0.15) is 0 Å². The Balaban J connectivity index is 1.62. The molecule has 6 nitrogen and oxygen atoms in total. The van der Waals surface area contributed by atoms with Gasteiger partial charge >= 0.3 is 0 Å². The Morgan fingerprint density at radius 2 is 1.54 bits per heavy atom. The standard InChI is InChI=1S/C19H21ClN2O4/c1-2-25-16-7-9-17(10-8-16)26-12-11-21-18(23)13-22-19(24)14-3-5-15(20)6-4-14/h3-10H,2,11-13H2,1H3,(H,21,23)(H,22,24). The number of amides is 2. The number of ether oxygens (including phenoxy) is 2. The minimum Gasteiger partial charge on any atom is -0.494 e. The largest absolute Gasteiger partial charge is 0.494 e. The number of hydrogen-bond donors (Lipinski definition) is 2. The highest BCUT2D eigenvalue weighted by Gasteiger charge is 2.07. The maximum atomic E-state index is 11.9. The predicted molar refractivity (Wildman–Crippen MR) is 99.9 cm³/mol. The second-order valence-electron chi connectivity index (χ2n) is 5.29. The van der Waals surface area contributed by atoms with Gasteiger partial charge in [-0.05, 0) is 55.5 Å². The van der Waals surface area contributed by atoms with Crippen LogP contribution in [0, 0.1) is 0 Å². The Hall–Kier alpha value is -2.73. The Morgan fingerprint density at radius 3 is 2.15 bits per heavy atom. The minimum absolute atomic E-state index is 0.107. The van der Waals surface area contributed by atoms with E-state index in [0.29, 0.717) is 36.1 Å². The molecule has 0 heterocycles. The van der Waals surface area contributed by atoms with Crippen molar-refractivity contribution in [3.8, 4) is 11.5 Å². The Kier molecular flexibility index (Phi) is 7.76. The van der Waals surface area contributed by atoms with Crippen molar-refractivity contribution in [3.63, 3.8) is 0 Å². The van der Waals surface area contributed by atoms with Gasteiger partial charge in [-0.1, -0.05) is 11.6 Å². The molecule has 26 heavy (non-hydrogen) atoms. The molecule has 0 saturated carbocycles. The van der Waals surface area contributed by atoms with E-state index in [1.807, 2.05) is 19.1 Å². The van der Waals surface area contributed by atoms with E-state index in [9.17, 15) is 9.59 Å². The molecule has 7 heteroatoms. The van der Waals surface area contributed by atoms with Crippen molar-refractivity contribution in [2.45, 2.75) is 6.92 Å². The lowest BCUT2D eigenvalue weighted by Gasteiger charge is -2.09. The van der Waals surface area contributed by atoms with Gasteiger partial charge in [0, 0.05) is 10.6 Å². The first-order valence-electron chi connectivity index (χ1n) is 8.24. The first-order valence-corrected chi connectivity index (χ1v) is 8.62. The summed E-state index contributed by atoms with van der Waals surface area (Å²) in [4.78, 5) is 23.6. The van der Waals surface area contributed by atoms with Gasteiger partial charge in [0.15, 0.2) is 0 Å². The third-order valence-electron chi connectivity index (χ3n) is 3.34. The molecule has 2 aromatic carbocycles. The quantitative estimate of drug-likeness (QED) is 0.660. The van der Waals surface area contributed by atoms with E-state index in [4.69, 9.17) is 21.1 Å². The van der Waals surface area contributed by atoms with Crippen LogP contribution in [-0.4, -0.2) is 38.1 Å². The highest BCUT2D eigenvalue weighted by atomic mass is 35.5. The molecule has 0 aliphatic rings. The van der Waals surface area contributed by atoms with Crippen molar-refractivity contribution in [1.82, 2.24) is 10.6 Å². The molecule has 0 radical (unpaired) electrons. The summed E-state index contributed by atoms with van der Waals surface area (Å²) in [5.41, 5.74) is 0.445. The van der Waals surface area contributed by atoms with Gasteiger partial charge in [-0.3, -0.25) is 9.59 Å². The number of hydrogen-bond acceptors (Lipinski definition) is 4. The fourth-order valence-electron chi connectivity index (χ4n) is 2.08. The van der Waals surface area contributed by atoms with E-state index in [1.54, 1.807) is 36.4 Å². The maximum absolute atomic E-state index is 11.9. The molecule has 0 bridgehead atoms. The van der Waals surface area contributed by atoms with Gasteiger partial charge < -0.3 is 20.1 Å². The van der Waals surface area contributed by atoms with Crippen molar-refractivity contribution in [1.29, 1.82) is 0 Å². The van der Waals surface area contributed by atoms with E-state index in [-0.39, 0.29) is 18.4 Å². The third kappa shape index (κ3) is 6.64. The van der Waals surface area contributed by atoms with Crippen LogP contribution in [-0.2, 0) is 4.79 Å². The van der Waals surface area contributed by atoms with Crippen molar-refractivity contribution in [3.05, 3.63) is 59.1 Å². The molecule has 0 aliphatic heterocycles. The molecule has 2 rings (SSSR count). The Morgan fingerprint density at radius 1 is 0.923 bits per heavy atom. The van der Waals surface area contributed by atoms with E-state index >= 15 is 0 Å². The maximum Gasteiger partial charge on any atom is 0.251 e. The molecule has 0 aliphatic carbocycles. The fourth-order valence-corrected chi connectivity index (χ4v) is 2.21. The van der Waals surface area contributed by atoms with Crippen molar-refractivity contribution in [2.75, 3.05) is 26.3 Å². The number of carbonyl (C=O) groups is 2. The fraction of sp³-hybridized carbons (Fsp3) is 0.263. The summed E-state index contributed by atoms with van der Waals surface area (Å²) in [6, 6.07) is 13.7. The van der Waals surface area contributed by atoms with Crippen molar-refractivity contribution >= 4 is 23.4 Å². The molecule has 0 unspecified atom stereocenters. The lowest BCUT2D eigenvalue weighted by atomic mass is 10.2. The lowest BCUT2D eigenvalue weighted by molar-refractivity contribution is -0.120. The van der Waals surface area contributed by atoms with Crippen molar-refractivity contribution in [2.24, 2.45) is 0 Å². The number of rotatable bonds is 9. The van der Waals surface area contributed by atoms with Gasteiger partial charge in [0.25, 0.3) is 5.91 Å². The monoisotopic (exact) mass is 376 g/mol. The summed E-state index contributed by atoms with van der Waals surface area (Å²) < 4.78 is 10.9. The van der Waals surface area contributed by atoms with Crippen LogP contribution in [0.3, 0.4) is 0 Å². The number of carbonyl (C=O) groups excluding carboxylic acids is 2. The zero-order chi connectivity index (χ0) is 18.8. The number of halogens is 1. The molecular formula is C19H21ClN2O4. The molecule has 2 N–H and O–H groups in total. The summed E-state index contributed by atoms with van der Waals surface area (Å²) in [6.07, 6.45) is 0. The topological polar surface area (TPSA) is 76.7 Å². The van der Waals surface area contributed by atoms with Crippen LogP contribution in [0.5, 0.6) is 11.5 Å². The number of nitrogens with one attached hydrogen (secondary N) is 2.